The molecule has 0 amide bonds. The molecule has 1 fully saturated rings. The molecule has 1 aliphatic rings. The maximum atomic E-state index is 13.2. The summed E-state index contributed by atoms with van der Waals surface area (Å²) in [6.07, 6.45) is -2.49. The lowest BCUT2D eigenvalue weighted by molar-refractivity contribution is -0.140. The number of likely N-dealkylation sites (tertiary alicyclic amines) is 1. The van der Waals surface area contributed by atoms with Crippen molar-refractivity contribution in [2.24, 2.45) is 11.7 Å². The second-order valence-electron chi connectivity index (χ2n) is 8.71. The van der Waals surface area contributed by atoms with Gasteiger partial charge in [0.2, 0.25) is 0 Å². The van der Waals surface area contributed by atoms with Crippen LogP contribution in [0.25, 0.3) is 10.9 Å². The summed E-state index contributed by atoms with van der Waals surface area (Å²) in [5, 5.41) is 4.40. The molecule has 3 N–H and O–H groups in total. The summed E-state index contributed by atoms with van der Waals surface area (Å²) in [7, 11) is 2.11. The molecule has 0 spiro atoms. The number of nitrogens with zero attached hydrogens (tertiary/aromatic N) is 2. The number of benzene rings is 1. The van der Waals surface area contributed by atoms with Crippen molar-refractivity contribution in [2.45, 2.75) is 38.5 Å². The van der Waals surface area contributed by atoms with Gasteiger partial charge in [-0.15, -0.1) is 0 Å². The molecule has 1 aliphatic heterocycles. The van der Waals surface area contributed by atoms with Gasteiger partial charge in [0.25, 0.3) is 0 Å². The SMILES string of the molecule is CC#Cc1cc2c(NC3CCN(C)CC3CCOCCOCCN)cccc2n1CC(F)(F)F. The molecule has 2 unspecified atom stereocenters. The van der Waals surface area contributed by atoms with E-state index in [-0.39, 0.29) is 6.04 Å². The first-order chi connectivity index (χ1) is 16.3. The van der Waals surface area contributed by atoms with Gasteiger partial charge in [0, 0.05) is 36.8 Å². The Labute approximate surface area is 199 Å². The maximum absolute atomic E-state index is 13.2. The largest absolute Gasteiger partial charge is 0.406 e. The average Bonchev–Trinajstić information content (AvgIpc) is 3.11. The number of hydrogen-bond donors (Lipinski definition) is 2. The molecule has 1 saturated heterocycles. The van der Waals surface area contributed by atoms with Crippen LogP contribution in [0.1, 0.15) is 25.5 Å². The van der Waals surface area contributed by atoms with Gasteiger partial charge in [0.05, 0.1) is 31.0 Å². The van der Waals surface area contributed by atoms with Gasteiger partial charge in [-0.3, -0.25) is 0 Å². The highest BCUT2D eigenvalue weighted by molar-refractivity contribution is 5.94. The Morgan fingerprint density at radius 3 is 2.65 bits per heavy atom. The fraction of sp³-hybridized carbons (Fsp3) is 0.600. The van der Waals surface area contributed by atoms with Crippen molar-refractivity contribution < 1.29 is 22.6 Å². The minimum Gasteiger partial charge on any atom is -0.381 e. The van der Waals surface area contributed by atoms with Gasteiger partial charge in [-0.05, 0) is 63.4 Å². The summed E-state index contributed by atoms with van der Waals surface area (Å²) in [4.78, 5) is 2.31. The number of halogens is 3. The van der Waals surface area contributed by atoms with Gasteiger partial charge in [-0.1, -0.05) is 12.0 Å². The summed E-state index contributed by atoms with van der Waals surface area (Å²) in [5.41, 5.74) is 7.15. The molecule has 2 atom stereocenters. The molecule has 3 rings (SSSR count). The molecular weight excluding hydrogens is 445 g/mol. The zero-order chi connectivity index (χ0) is 24.6. The molecule has 9 heteroatoms. The molecule has 188 valence electrons. The van der Waals surface area contributed by atoms with Crippen molar-refractivity contribution in [3.05, 3.63) is 30.0 Å². The molecule has 1 aromatic carbocycles. The Morgan fingerprint density at radius 1 is 1.18 bits per heavy atom. The van der Waals surface area contributed by atoms with Gasteiger partial charge >= 0.3 is 6.18 Å². The fourth-order valence-electron chi connectivity index (χ4n) is 4.53. The van der Waals surface area contributed by atoms with E-state index in [1.54, 1.807) is 25.1 Å². The highest BCUT2D eigenvalue weighted by atomic mass is 19.4. The van der Waals surface area contributed by atoms with Crippen molar-refractivity contribution in [1.29, 1.82) is 0 Å². The summed E-state index contributed by atoms with van der Waals surface area (Å²) in [6.45, 7) is 5.19. The van der Waals surface area contributed by atoms with Gasteiger partial charge in [-0.2, -0.15) is 13.2 Å². The second kappa shape index (κ2) is 12.5. The Morgan fingerprint density at radius 2 is 1.94 bits per heavy atom. The topological polar surface area (TPSA) is 64.7 Å². The average molecular weight is 481 g/mol. The lowest BCUT2D eigenvalue weighted by Gasteiger charge is -2.38. The third-order valence-electron chi connectivity index (χ3n) is 6.08. The molecular formula is C25H35F3N4O2. The van der Waals surface area contributed by atoms with E-state index in [2.05, 4.69) is 29.1 Å². The number of hydrogen-bond acceptors (Lipinski definition) is 5. The van der Waals surface area contributed by atoms with Crippen LogP contribution in [-0.2, 0) is 16.0 Å². The zero-order valence-corrected chi connectivity index (χ0v) is 20.0. The van der Waals surface area contributed by atoms with Gasteiger partial charge in [-0.25, -0.2) is 0 Å². The smallest absolute Gasteiger partial charge is 0.381 e. The van der Waals surface area contributed by atoms with Crippen LogP contribution in [0, 0.1) is 17.8 Å². The van der Waals surface area contributed by atoms with Crippen molar-refractivity contribution in [2.75, 3.05) is 58.4 Å². The molecule has 0 saturated carbocycles. The van der Waals surface area contributed by atoms with Gasteiger partial charge in [0.15, 0.2) is 0 Å². The Bertz CT molecular complexity index is 980. The lowest BCUT2D eigenvalue weighted by Crippen LogP contribution is -2.45. The van der Waals surface area contributed by atoms with Crippen molar-refractivity contribution >= 4 is 16.6 Å². The highest BCUT2D eigenvalue weighted by Crippen LogP contribution is 2.32. The number of aromatic nitrogens is 1. The summed E-state index contributed by atoms with van der Waals surface area (Å²) >= 11 is 0. The van der Waals surface area contributed by atoms with E-state index >= 15 is 0 Å². The van der Waals surface area contributed by atoms with Crippen LogP contribution >= 0.6 is 0 Å². The van der Waals surface area contributed by atoms with Crippen LogP contribution in [0.15, 0.2) is 24.3 Å². The maximum Gasteiger partial charge on any atom is 0.406 e. The first-order valence-corrected chi connectivity index (χ1v) is 11.7. The number of ether oxygens (including phenoxy) is 2. The monoisotopic (exact) mass is 480 g/mol. The highest BCUT2D eigenvalue weighted by Gasteiger charge is 2.31. The second-order valence-corrected chi connectivity index (χ2v) is 8.71. The van der Waals surface area contributed by atoms with Gasteiger partial charge < -0.3 is 30.0 Å². The minimum absolute atomic E-state index is 0.200. The normalized spacial score (nSPS) is 19.2. The Hall–Kier alpha value is -2.25. The summed E-state index contributed by atoms with van der Waals surface area (Å²) < 4.78 is 52.1. The number of nitrogens with two attached hydrogens (primary N) is 1. The van der Waals surface area contributed by atoms with Crippen LogP contribution in [0.5, 0.6) is 0 Å². The third-order valence-corrected chi connectivity index (χ3v) is 6.08. The molecule has 1 aromatic heterocycles. The van der Waals surface area contributed by atoms with E-state index in [1.807, 2.05) is 6.07 Å². The number of piperidine rings is 1. The lowest BCUT2D eigenvalue weighted by atomic mass is 9.89. The van der Waals surface area contributed by atoms with Crippen LogP contribution in [0.2, 0.25) is 0 Å². The third kappa shape index (κ3) is 7.37. The number of anilines is 1. The van der Waals surface area contributed by atoms with E-state index in [4.69, 9.17) is 15.2 Å². The van der Waals surface area contributed by atoms with Crippen molar-refractivity contribution in [3.63, 3.8) is 0 Å². The van der Waals surface area contributed by atoms with Crippen LogP contribution < -0.4 is 11.1 Å². The van der Waals surface area contributed by atoms with E-state index in [1.165, 1.54) is 4.57 Å². The molecule has 2 aromatic rings. The molecule has 2 heterocycles. The minimum atomic E-state index is -4.33. The summed E-state index contributed by atoms with van der Waals surface area (Å²) in [6, 6.07) is 7.42. The molecule has 0 bridgehead atoms. The van der Waals surface area contributed by atoms with E-state index in [9.17, 15) is 13.2 Å². The first-order valence-electron chi connectivity index (χ1n) is 11.7. The quantitative estimate of drug-likeness (QED) is 0.379. The molecule has 0 radical (unpaired) electrons. The fourth-order valence-corrected chi connectivity index (χ4v) is 4.53. The van der Waals surface area contributed by atoms with Crippen LogP contribution in [-0.4, -0.2) is 74.8 Å². The number of nitrogens with one attached hydrogen (secondary N) is 1. The van der Waals surface area contributed by atoms with E-state index < -0.39 is 12.7 Å². The van der Waals surface area contributed by atoms with Gasteiger partial charge in [0.1, 0.15) is 6.54 Å². The first kappa shape index (κ1) is 26.4. The predicted molar refractivity (Wildman–Crippen MR) is 129 cm³/mol. The number of fused-ring (bicyclic) bond motifs is 1. The molecule has 6 nitrogen and oxygen atoms in total. The van der Waals surface area contributed by atoms with E-state index in [0.29, 0.717) is 50.1 Å². The van der Waals surface area contributed by atoms with Crippen molar-refractivity contribution in [1.82, 2.24) is 9.47 Å². The standard InChI is InChI=1S/C25H35F3N4O2/c1-3-5-20-16-21-23(6-4-7-24(21)32(20)18-25(26,27)28)30-22-8-11-31(2)17-19(22)9-12-33-14-15-34-13-10-29/h4,6-7,16,19,22,30H,8-15,17-18,29H2,1-2H3. The van der Waals surface area contributed by atoms with Crippen molar-refractivity contribution in [3.8, 4) is 11.8 Å². The zero-order valence-electron chi connectivity index (χ0n) is 20.0. The number of rotatable bonds is 11. The number of alkyl halides is 3. The Kier molecular flexibility index (Phi) is 9.65. The van der Waals surface area contributed by atoms with Crippen LogP contribution in [0.4, 0.5) is 18.9 Å². The summed E-state index contributed by atoms with van der Waals surface area (Å²) in [5.74, 6) is 5.92. The molecule has 34 heavy (non-hydrogen) atoms. The Balaban J connectivity index is 1.74. The molecule has 0 aliphatic carbocycles. The van der Waals surface area contributed by atoms with E-state index in [0.717, 1.165) is 37.0 Å². The predicted octanol–water partition coefficient (Wildman–Crippen LogP) is 3.69. The van der Waals surface area contributed by atoms with Crippen LogP contribution in [0.3, 0.4) is 0 Å².